The van der Waals surface area contributed by atoms with Crippen molar-refractivity contribution in [1.82, 2.24) is 4.31 Å². The minimum absolute atomic E-state index is 0.0727. The second-order valence-corrected chi connectivity index (χ2v) is 7.77. The molecule has 0 spiro atoms. The Bertz CT molecular complexity index is 912. The van der Waals surface area contributed by atoms with Gasteiger partial charge in [0.05, 0.1) is 10.6 Å². The number of para-hydroxylation sites is 1. The number of anilines is 1. The van der Waals surface area contributed by atoms with E-state index in [9.17, 15) is 17.6 Å². The van der Waals surface area contributed by atoms with E-state index in [1.54, 1.807) is 26.8 Å². The van der Waals surface area contributed by atoms with Gasteiger partial charge in [-0.1, -0.05) is 26.0 Å². The number of amides is 1. The van der Waals surface area contributed by atoms with Crippen LogP contribution in [-0.4, -0.2) is 38.3 Å². The average molecular weight is 394 g/mol. The maximum atomic E-state index is 13.5. The number of halogens is 1. The fraction of sp³-hybridized carbons (Fsp3) is 0.316. The van der Waals surface area contributed by atoms with Crippen LogP contribution in [0.2, 0.25) is 0 Å². The van der Waals surface area contributed by atoms with E-state index in [0.29, 0.717) is 24.4 Å². The predicted octanol–water partition coefficient (Wildman–Crippen LogP) is 3.18. The van der Waals surface area contributed by atoms with Gasteiger partial charge in [-0.15, -0.1) is 0 Å². The molecule has 2 rings (SSSR count). The lowest BCUT2D eigenvalue weighted by Gasteiger charge is -2.19. The minimum atomic E-state index is -3.56. The summed E-state index contributed by atoms with van der Waals surface area (Å²) in [6.45, 7) is 5.69. The molecule has 0 fully saturated rings. The first-order valence-corrected chi connectivity index (χ1v) is 10.0. The molecule has 1 N–H and O–H groups in total. The zero-order chi connectivity index (χ0) is 20.0. The molecule has 0 radical (unpaired) electrons. The molecule has 0 atom stereocenters. The summed E-state index contributed by atoms with van der Waals surface area (Å²) in [5, 5.41) is 2.42. The molecule has 0 unspecified atom stereocenters. The fourth-order valence-electron chi connectivity index (χ4n) is 2.55. The van der Waals surface area contributed by atoms with Crippen molar-refractivity contribution in [3.05, 3.63) is 53.8 Å². The van der Waals surface area contributed by atoms with Crippen LogP contribution >= 0.6 is 0 Å². The normalized spacial score (nSPS) is 11.4. The molecule has 0 aliphatic heterocycles. The summed E-state index contributed by atoms with van der Waals surface area (Å²) in [5.74, 6) is -0.662. The molecule has 27 heavy (non-hydrogen) atoms. The van der Waals surface area contributed by atoms with E-state index in [4.69, 9.17) is 4.74 Å². The predicted molar refractivity (Wildman–Crippen MR) is 102 cm³/mol. The van der Waals surface area contributed by atoms with E-state index >= 15 is 0 Å². The van der Waals surface area contributed by atoms with E-state index in [1.165, 1.54) is 40.7 Å². The molecule has 0 saturated carbocycles. The van der Waals surface area contributed by atoms with Gasteiger partial charge >= 0.3 is 0 Å². The van der Waals surface area contributed by atoms with Crippen LogP contribution in [0.25, 0.3) is 0 Å². The monoisotopic (exact) mass is 394 g/mol. The highest BCUT2D eigenvalue weighted by Gasteiger charge is 2.22. The van der Waals surface area contributed by atoms with Crippen molar-refractivity contribution in [3.63, 3.8) is 0 Å². The lowest BCUT2D eigenvalue weighted by atomic mass is 10.2. The first-order chi connectivity index (χ1) is 12.8. The van der Waals surface area contributed by atoms with Crippen LogP contribution in [0, 0.1) is 12.7 Å². The van der Waals surface area contributed by atoms with Gasteiger partial charge in [-0.25, -0.2) is 12.8 Å². The SMILES string of the molecule is CCN(CC)S(=O)(=O)c1ccc(OCC(=O)Nc2ccccc2F)c(C)c1. The summed E-state index contributed by atoms with van der Waals surface area (Å²) < 4.78 is 45.4. The maximum Gasteiger partial charge on any atom is 0.262 e. The van der Waals surface area contributed by atoms with Gasteiger partial charge in [0.25, 0.3) is 5.91 Å². The van der Waals surface area contributed by atoms with Crippen LogP contribution in [-0.2, 0) is 14.8 Å². The second-order valence-electron chi connectivity index (χ2n) is 5.83. The van der Waals surface area contributed by atoms with Crippen molar-refractivity contribution in [3.8, 4) is 5.75 Å². The lowest BCUT2D eigenvalue weighted by molar-refractivity contribution is -0.118. The molecule has 2 aromatic carbocycles. The molecule has 2 aromatic rings. The van der Waals surface area contributed by atoms with Crippen molar-refractivity contribution >= 4 is 21.6 Å². The first-order valence-electron chi connectivity index (χ1n) is 8.57. The molecule has 0 aliphatic carbocycles. The lowest BCUT2D eigenvalue weighted by Crippen LogP contribution is -2.30. The van der Waals surface area contributed by atoms with E-state index < -0.39 is 21.7 Å². The molecule has 0 heterocycles. The number of hydrogen-bond donors (Lipinski definition) is 1. The first kappa shape index (κ1) is 20.9. The summed E-state index contributed by atoms with van der Waals surface area (Å²) >= 11 is 0. The topological polar surface area (TPSA) is 75.7 Å². The van der Waals surface area contributed by atoms with E-state index in [0.717, 1.165) is 0 Å². The minimum Gasteiger partial charge on any atom is -0.483 e. The maximum absolute atomic E-state index is 13.5. The molecule has 1 amide bonds. The summed E-state index contributed by atoms with van der Waals surface area (Å²) in [7, 11) is -3.56. The van der Waals surface area contributed by atoms with Gasteiger partial charge in [-0.05, 0) is 42.8 Å². The van der Waals surface area contributed by atoms with Gasteiger partial charge < -0.3 is 10.1 Å². The van der Waals surface area contributed by atoms with Crippen molar-refractivity contribution in [1.29, 1.82) is 0 Å². The standard InChI is InChI=1S/C19H23FN2O4S/c1-4-22(5-2)27(24,25)15-10-11-18(14(3)12-15)26-13-19(23)21-17-9-7-6-8-16(17)20/h6-12H,4-5,13H2,1-3H3,(H,21,23). The van der Waals surface area contributed by atoms with Crippen molar-refractivity contribution < 1.29 is 22.3 Å². The molecule has 0 aromatic heterocycles. The number of ether oxygens (including phenoxy) is 1. The Kier molecular flexibility index (Phi) is 6.92. The molecule has 0 aliphatic rings. The number of rotatable bonds is 8. The second kappa shape index (κ2) is 8.96. The Balaban J connectivity index is 2.06. The number of aryl methyl sites for hydroxylation is 1. The van der Waals surface area contributed by atoms with Crippen LogP contribution < -0.4 is 10.1 Å². The number of nitrogens with zero attached hydrogens (tertiary/aromatic N) is 1. The van der Waals surface area contributed by atoms with E-state index in [-0.39, 0.29) is 17.2 Å². The third-order valence-electron chi connectivity index (χ3n) is 4.00. The van der Waals surface area contributed by atoms with Gasteiger partial charge in [0.15, 0.2) is 6.61 Å². The van der Waals surface area contributed by atoms with Gasteiger partial charge in [-0.3, -0.25) is 4.79 Å². The zero-order valence-corrected chi connectivity index (χ0v) is 16.3. The third-order valence-corrected chi connectivity index (χ3v) is 6.04. The number of hydrogen-bond acceptors (Lipinski definition) is 4. The summed E-state index contributed by atoms with van der Waals surface area (Å²) in [4.78, 5) is 12.1. The van der Waals surface area contributed by atoms with Crippen LogP contribution in [0.3, 0.4) is 0 Å². The molecule has 146 valence electrons. The smallest absolute Gasteiger partial charge is 0.262 e. The highest BCUT2D eigenvalue weighted by molar-refractivity contribution is 7.89. The van der Waals surface area contributed by atoms with Gasteiger partial charge in [0, 0.05) is 13.1 Å². The zero-order valence-electron chi connectivity index (χ0n) is 15.5. The number of benzene rings is 2. The molecule has 8 heteroatoms. The molecular weight excluding hydrogens is 371 g/mol. The molecule has 6 nitrogen and oxygen atoms in total. The van der Waals surface area contributed by atoms with Crippen LogP contribution in [0.5, 0.6) is 5.75 Å². The Morgan fingerprint density at radius 2 is 1.81 bits per heavy atom. The number of carbonyl (C=O) groups is 1. The number of sulfonamides is 1. The summed E-state index contributed by atoms with van der Waals surface area (Å²) in [6, 6.07) is 10.3. The highest BCUT2D eigenvalue weighted by Crippen LogP contribution is 2.24. The molecular formula is C19H23FN2O4S. The Morgan fingerprint density at radius 1 is 1.15 bits per heavy atom. The summed E-state index contributed by atoms with van der Waals surface area (Å²) in [6.07, 6.45) is 0. The van der Waals surface area contributed by atoms with Crippen molar-refractivity contribution in [2.45, 2.75) is 25.7 Å². The summed E-state index contributed by atoms with van der Waals surface area (Å²) in [5.41, 5.74) is 0.658. The van der Waals surface area contributed by atoms with E-state index in [1.807, 2.05) is 0 Å². The van der Waals surface area contributed by atoms with Crippen LogP contribution in [0.15, 0.2) is 47.4 Å². The van der Waals surface area contributed by atoms with Crippen LogP contribution in [0.1, 0.15) is 19.4 Å². The fourth-order valence-corrected chi connectivity index (χ4v) is 4.09. The molecule has 0 saturated heterocycles. The number of nitrogens with one attached hydrogen (secondary N) is 1. The number of carbonyl (C=O) groups excluding carboxylic acids is 1. The van der Waals surface area contributed by atoms with Gasteiger partial charge in [-0.2, -0.15) is 4.31 Å². The quantitative estimate of drug-likeness (QED) is 0.746. The van der Waals surface area contributed by atoms with E-state index in [2.05, 4.69) is 5.32 Å². The molecule has 0 bridgehead atoms. The average Bonchev–Trinajstić information content (AvgIpc) is 2.63. The largest absolute Gasteiger partial charge is 0.483 e. The van der Waals surface area contributed by atoms with Crippen LogP contribution in [0.4, 0.5) is 10.1 Å². The Labute approximate surface area is 159 Å². The Morgan fingerprint density at radius 3 is 2.41 bits per heavy atom. The highest BCUT2D eigenvalue weighted by atomic mass is 32.2. The Hall–Kier alpha value is -2.45. The van der Waals surface area contributed by atoms with Gasteiger partial charge in [0.2, 0.25) is 10.0 Å². The third kappa shape index (κ3) is 5.05. The van der Waals surface area contributed by atoms with Crippen molar-refractivity contribution in [2.75, 3.05) is 25.0 Å². The van der Waals surface area contributed by atoms with Crippen molar-refractivity contribution in [2.24, 2.45) is 0 Å². The van der Waals surface area contributed by atoms with Gasteiger partial charge in [0.1, 0.15) is 11.6 Å².